The molecular formula is C8H14ClF2NO3. The van der Waals surface area contributed by atoms with Crippen molar-refractivity contribution in [1.82, 2.24) is 5.32 Å². The number of aliphatic hydroxyl groups excluding tert-OH is 1. The zero-order valence-corrected chi connectivity index (χ0v) is 9.02. The molecule has 1 saturated heterocycles. The predicted octanol–water partition coefficient (Wildman–Crippen LogP) is 0.187. The number of alkyl halides is 2. The van der Waals surface area contributed by atoms with Crippen LogP contribution in [0.1, 0.15) is 6.92 Å². The molecule has 1 heterocycles. The Kier molecular flexibility index (Phi) is 5.41. The van der Waals surface area contributed by atoms with Gasteiger partial charge in [0.2, 0.25) is 0 Å². The van der Waals surface area contributed by atoms with Crippen LogP contribution in [0.5, 0.6) is 0 Å². The number of piperidine rings is 1. The van der Waals surface area contributed by atoms with Crippen LogP contribution in [-0.4, -0.2) is 42.8 Å². The van der Waals surface area contributed by atoms with Crippen LogP contribution in [0.25, 0.3) is 0 Å². The highest BCUT2D eigenvalue weighted by atomic mass is 35.5. The first-order valence-corrected chi connectivity index (χ1v) is 4.42. The van der Waals surface area contributed by atoms with E-state index < -0.39 is 30.5 Å². The minimum absolute atomic E-state index is 0. The molecule has 0 radical (unpaired) electrons. The predicted molar refractivity (Wildman–Crippen MR) is 51.2 cm³/mol. The molecule has 1 fully saturated rings. The molecule has 0 saturated carbocycles. The Labute approximate surface area is 92.4 Å². The van der Waals surface area contributed by atoms with Crippen LogP contribution in [0, 0.1) is 5.92 Å². The maximum atomic E-state index is 12.9. The number of ether oxygens (including phenoxy) is 1. The summed E-state index contributed by atoms with van der Waals surface area (Å²) in [5, 5.41) is 11.6. The number of hydrogen-bond donors (Lipinski definition) is 2. The normalized spacial score (nSPS) is 29.1. The van der Waals surface area contributed by atoms with Crippen molar-refractivity contribution in [3.63, 3.8) is 0 Å². The van der Waals surface area contributed by atoms with Gasteiger partial charge >= 0.3 is 5.97 Å². The number of carbonyl (C=O) groups excluding carboxylic acids is 1. The van der Waals surface area contributed by atoms with Gasteiger partial charge in [0.1, 0.15) is 12.0 Å². The van der Waals surface area contributed by atoms with E-state index in [9.17, 15) is 18.7 Å². The van der Waals surface area contributed by atoms with Crippen LogP contribution in [0.4, 0.5) is 8.78 Å². The van der Waals surface area contributed by atoms with E-state index in [-0.39, 0.29) is 25.6 Å². The third-order valence-electron chi connectivity index (χ3n) is 2.13. The van der Waals surface area contributed by atoms with Gasteiger partial charge in [-0.1, -0.05) is 0 Å². The Hall–Kier alpha value is -0.460. The molecule has 15 heavy (non-hydrogen) atoms. The summed E-state index contributed by atoms with van der Waals surface area (Å²) in [5.41, 5.74) is 0. The van der Waals surface area contributed by atoms with Gasteiger partial charge in [-0.05, 0) is 6.92 Å². The standard InChI is InChI=1S/C8H13F2NO3.ClH/c1-2-14-7(13)5-3-11-4-8(9,10)6(5)12;/h5-6,11-12H,2-4H2,1H3;1H. The van der Waals surface area contributed by atoms with E-state index in [0.717, 1.165) is 0 Å². The van der Waals surface area contributed by atoms with E-state index in [1.807, 2.05) is 0 Å². The summed E-state index contributed by atoms with van der Waals surface area (Å²) in [4.78, 5) is 11.1. The average molecular weight is 246 g/mol. The van der Waals surface area contributed by atoms with Gasteiger partial charge in [0.25, 0.3) is 5.92 Å². The highest BCUT2D eigenvalue weighted by molar-refractivity contribution is 5.85. The molecule has 90 valence electrons. The second-order valence-corrected chi connectivity index (χ2v) is 3.20. The van der Waals surface area contributed by atoms with Crippen LogP contribution in [-0.2, 0) is 9.53 Å². The van der Waals surface area contributed by atoms with Crippen LogP contribution in [0.2, 0.25) is 0 Å². The summed E-state index contributed by atoms with van der Waals surface area (Å²) < 4.78 is 30.4. The molecule has 1 aliphatic heterocycles. The zero-order chi connectivity index (χ0) is 10.8. The first-order valence-electron chi connectivity index (χ1n) is 4.42. The minimum Gasteiger partial charge on any atom is -0.466 e. The van der Waals surface area contributed by atoms with Crippen molar-refractivity contribution in [3.05, 3.63) is 0 Å². The van der Waals surface area contributed by atoms with Crippen molar-refractivity contribution >= 4 is 18.4 Å². The van der Waals surface area contributed by atoms with E-state index in [0.29, 0.717) is 0 Å². The molecule has 0 aromatic rings. The minimum atomic E-state index is -3.27. The lowest BCUT2D eigenvalue weighted by molar-refractivity contribution is -0.176. The van der Waals surface area contributed by atoms with Crippen LogP contribution in [0.15, 0.2) is 0 Å². The van der Waals surface area contributed by atoms with E-state index in [2.05, 4.69) is 10.1 Å². The molecule has 7 heteroatoms. The molecule has 0 spiro atoms. The Morgan fingerprint density at radius 2 is 2.27 bits per heavy atom. The van der Waals surface area contributed by atoms with Gasteiger partial charge in [-0.15, -0.1) is 12.4 Å². The number of carbonyl (C=O) groups is 1. The van der Waals surface area contributed by atoms with Crippen molar-refractivity contribution in [1.29, 1.82) is 0 Å². The average Bonchev–Trinajstić information content (AvgIpc) is 2.10. The second-order valence-electron chi connectivity index (χ2n) is 3.20. The second kappa shape index (κ2) is 5.58. The van der Waals surface area contributed by atoms with Crippen molar-refractivity contribution in [3.8, 4) is 0 Å². The zero-order valence-electron chi connectivity index (χ0n) is 8.20. The Morgan fingerprint density at radius 1 is 1.67 bits per heavy atom. The van der Waals surface area contributed by atoms with Crippen molar-refractivity contribution in [2.45, 2.75) is 19.0 Å². The smallest absolute Gasteiger partial charge is 0.313 e. The number of rotatable bonds is 2. The monoisotopic (exact) mass is 245 g/mol. The lowest BCUT2D eigenvalue weighted by Crippen LogP contribution is -2.57. The molecule has 2 N–H and O–H groups in total. The Morgan fingerprint density at radius 3 is 2.80 bits per heavy atom. The lowest BCUT2D eigenvalue weighted by atomic mass is 9.93. The fraction of sp³-hybridized carbons (Fsp3) is 0.875. The maximum absolute atomic E-state index is 12.9. The summed E-state index contributed by atoms with van der Waals surface area (Å²) in [6.07, 6.45) is -1.96. The summed E-state index contributed by atoms with van der Waals surface area (Å²) in [6.45, 7) is 1.12. The van der Waals surface area contributed by atoms with E-state index in [1.165, 1.54) is 0 Å². The van der Waals surface area contributed by atoms with Crippen molar-refractivity contribution in [2.24, 2.45) is 5.92 Å². The van der Waals surface area contributed by atoms with Gasteiger partial charge < -0.3 is 15.2 Å². The lowest BCUT2D eigenvalue weighted by Gasteiger charge is -2.33. The fourth-order valence-electron chi connectivity index (χ4n) is 1.37. The molecular weight excluding hydrogens is 232 g/mol. The summed E-state index contributed by atoms with van der Waals surface area (Å²) >= 11 is 0. The largest absolute Gasteiger partial charge is 0.466 e. The molecule has 0 aromatic heterocycles. The molecule has 0 aliphatic carbocycles. The number of esters is 1. The highest BCUT2D eigenvalue weighted by Crippen LogP contribution is 2.27. The van der Waals surface area contributed by atoms with Crippen LogP contribution in [0.3, 0.4) is 0 Å². The van der Waals surface area contributed by atoms with Crippen molar-refractivity contribution in [2.75, 3.05) is 19.7 Å². The molecule has 1 aliphatic rings. The highest BCUT2D eigenvalue weighted by Gasteiger charge is 2.49. The molecule has 2 atom stereocenters. The van der Waals surface area contributed by atoms with Gasteiger partial charge in [-0.2, -0.15) is 0 Å². The first kappa shape index (κ1) is 14.5. The first-order chi connectivity index (χ1) is 6.49. The third kappa shape index (κ3) is 3.25. The number of hydrogen-bond acceptors (Lipinski definition) is 4. The number of nitrogens with one attached hydrogen (secondary N) is 1. The van der Waals surface area contributed by atoms with Gasteiger partial charge in [-0.3, -0.25) is 4.79 Å². The summed E-state index contributed by atoms with van der Waals surface area (Å²) in [5.74, 6) is -5.24. The Bertz CT molecular complexity index is 228. The van der Waals surface area contributed by atoms with Crippen LogP contribution >= 0.6 is 12.4 Å². The Balaban J connectivity index is 0.00000196. The van der Waals surface area contributed by atoms with E-state index in [4.69, 9.17) is 0 Å². The molecule has 4 nitrogen and oxygen atoms in total. The molecule has 2 unspecified atom stereocenters. The van der Waals surface area contributed by atoms with Gasteiger partial charge in [-0.25, -0.2) is 8.78 Å². The topological polar surface area (TPSA) is 58.6 Å². The molecule has 1 rings (SSSR count). The van der Waals surface area contributed by atoms with Gasteiger partial charge in [0.05, 0.1) is 13.2 Å². The van der Waals surface area contributed by atoms with E-state index in [1.54, 1.807) is 6.92 Å². The quantitative estimate of drug-likeness (QED) is 0.682. The van der Waals surface area contributed by atoms with Gasteiger partial charge in [0.15, 0.2) is 0 Å². The SMILES string of the molecule is CCOC(=O)C1CNCC(F)(F)C1O.Cl. The van der Waals surface area contributed by atoms with Crippen molar-refractivity contribution < 1.29 is 23.4 Å². The van der Waals surface area contributed by atoms with E-state index >= 15 is 0 Å². The molecule has 0 bridgehead atoms. The van der Waals surface area contributed by atoms with Crippen LogP contribution < -0.4 is 5.32 Å². The number of halogens is 3. The summed E-state index contributed by atoms with van der Waals surface area (Å²) in [6, 6.07) is 0. The van der Waals surface area contributed by atoms with Gasteiger partial charge in [0, 0.05) is 6.54 Å². The maximum Gasteiger partial charge on any atom is 0.313 e. The number of aliphatic hydroxyl groups is 1. The summed E-state index contributed by atoms with van der Waals surface area (Å²) in [7, 11) is 0. The third-order valence-corrected chi connectivity index (χ3v) is 2.13. The molecule has 0 aromatic carbocycles. The fourth-order valence-corrected chi connectivity index (χ4v) is 1.37. The molecule has 0 amide bonds.